The van der Waals surface area contributed by atoms with E-state index in [0.29, 0.717) is 24.8 Å². The van der Waals surface area contributed by atoms with Gasteiger partial charge in [-0.2, -0.15) is 0 Å². The van der Waals surface area contributed by atoms with Crippen LogP contribution in [-0.2, 0) is 14.3 Å². The van der Waals surface area contributed by atoms with E-state index in [1.165, 1.54) is 7.11 Å². The van der Waals surface area contributed by atoms with Crippen LogP contribution in [0, 0.1) is 0 Å². The van der Waals surface area contributed by atoms with E-state index in [-0.39, 0.29) is 12.5 Å². The quantitative estimate of drug-likeness (QED) is 0.426. The van der Waals surface area contributed by atoms with Crippen molar-refractivity contribution in [1.29, 1.82) is 0 Å². The van der Waals surface area contributed by atoms with E-state index in [1.54, 1.807) is 25.4 Å². The number of hydrogen-bond donors (Lipinski definition) is 3. The Labute approximate surface area is 204 Å². The van der Waals surface area contributed by atoms with Gasteiger partial charge in [0, 0.05) is 49.4 Å². The van der Waals surface area contributed by atoms with Crippen molar-refractivity contribution in [3.8, 4) is 17.0 Å². The molecule has 35 heavy (non-hydrogen) atoms. The number of nitrogens with one attached hydrogen (secondary N) is 2. The third-order valence-corrected chi connectivity index (χ3v) is 5.57. The van der Waals surface area contributed by atoms with Gasteiger partial charge in [-0.1, -0.05) is 12.1 Å². The Bertz CT molecular complexity index is 1140. The van der Waals surface area contributed by atoms with Crippen molar-refractivity contribution < 1.29 is 19.0 Å². The first-order valence-corrected chi connectivity index (χ1v) is 11.3. The summed E-state index contributed by atoms with van der Waals surface area (Å²) in [4.78, 5) is 23.3. The van der Waals surface area contributed by atoms with Crippen molar-refractivity contribution in [3.63, 3.8) is 0 Å². The SMILES string of the molecule is COC[C@@H](N)C(=O)Nc1ccc(-c2ccnc(Nc3ccc(N4CCOCC4)c(OC)c3)n2)cc1. The first-order valence-electron chi connectivity index (χ1n) is 11.3. The van der Waals surface area contributed by atoms with Gasteiger partial charge in [0.2, 0.25) is 11.9 Å². The number of nitrogens with zero attached hydrogens (tertiary/aromatic N) is 3. The van der Waals surface area contributed by atoms with E-state index in [1.807, 2.05) is 36.4 Å². The molecule has 184 valence electrons. The topological polar surface area (TPSA) is 124 Å². The summed E-state index contributed by atoms with van der Waals surface area (Å²) in [6.45, 7) is 3.23. The normalized spacial score (nSPS) is 14.3. The van der Waals surface area contributed by atoms with Gasteiger partial charge in [0.1, 0.15) is 11.8 Å². The van der Waals surface area contributed by atoms with Gasteiger partial charge in [0.15, 0.2) is 0 Å². The Kier molecular flexibility index (Phi) is 8.09. The largest absolute Gasteiger partial charge is 0.495 e. The second-order valence-electron chi connectivity index (χ2n) is 8.00. The fourth-order valence-electron chi connectivity index (χ4n) is 3.74. The second-order valence-corrected chi connectivity index (χ2v) is 8.00. The van der Waals surface area contributed by atoms with Crippen LogP contribution in [0.4, 0.5) is 23.0 Å². The zero-order valence-corrected chi connectivity index (χ0v) is 19.9. The maximum Gasteiger partial charge on any atom is 0.243 e. The predicted molar refractivity (Wildman–Crippen MR) is 135 cm³/mol. The lowest BCUT2D eigenvalue weighted by atomic mass is 10.1. The average Bonchev–Trinajstić information content (AvgIpc) is 2.90. The maximum atomic E-state index is 12.1. The Hall–Kier alpha value is -3.73. The summed E-state index contributed by atoms with van der Waals surface area (Å²) >= 11 is 0. The molecular weight excluding hydrogens is 448 g/mol. The summed E-state index contributed by atoms with van der Waals surface area (Å²) in [5, 5.41) is 6.03. The highest BCUT2D eigenvalue weighted by Gasteiger charge is 2.16. The lowest BCUT2D eigenvalue weighted by Gasteiger charge is -2.30. The van der Waals surface area contributed by atoms with E-state index < -0.39 is 6.04 Å². The Balaban J connectivity index is 1.45. The minimum atomic E-state index is -0.725. The van der Waals surface area contributed by atoms with Crippen LogP contribution in [0.3, 0.4) is 0 Å². The number of amides is 1. The first-order chi connectivity index (χ1) is 17.1. The fourth-order valence-corrected chi connectivity index (χ4v) is 3.74. The van der Waals surface area contributed by atoms with Crippen molar-refractivity contribution >= 4 is 28.9 Å². The van der Waals surface area contributed by atoms with E-state index in [9.17, 15) is 4.79 Å². The zero-order chi connectivity index (χ0) is 24.6. The Morgan fingerprint density at radius 2 is 1.86 bits per heavy atom. The van der Waals surface area contributed by atoms with Crippen LogP contribution in [0.1, 0.15) is 0 Å². The van der Waals surface area contributed by atoms with Crippen LogP contribution in [0.15, 0.2) is 54.7 Å². The maximum absolute atomic E-state index is 12.1. The molecule has 0 saturated carbocycles. The van der Waals surface area contributed by atoms with Crippen LogP contribution in [-0.4, -0.2) is 69.0 Å². The molecule has 1 fully saturated rings. The van der Waals surface area contributed by atoms with Crippen LogP contribution < -0.4 is 26.0 Å². The van der Waals surface area contributed by atoms with E-state index in [2.05, 4.69) is 25.5 Å². The lowest BCUT2D eigenvalue weighted by molar-refractivity contribution is -0.118. The molecule has 0 bridgehead atoms. The van der Waals surface area contributed by atoms with Gasteiger partial charge in [-0.15, -0.1) is 0 Å². The number of benzene rings is 2. The molecule has 0 spiro atoms. The number of morpholine rings is 1. The third-order valence-electron chi connectivity index (χ3n) is 5.57. The number of hydrogen-bond acceptors (Lipinski definition) is 9. The highest BCUT2D eigenvalue weighted by atomic mass is 16.5. The number of carbonyl (C=O) groups excluding carboxylic acids is 1. The van der Waals surface area contributed by atoms with Gasteiger partial charge >= 0.3 is 0 Å². The summed E-state index contributed by atoms with van der Waals surface area (Å²) in [6, 6.07) is 14.4. The van der Waals surface area contributed by atoms with Crippen molar-refractivity contribution in [2.75, 3.05) is 62.7 Å². The van der Waals surface area contributed by atoms with Crippen LogP contribution >= 0.6 is 0 Å². The molecule has 4 rings (SSSR count). The molecule has 10 nitrogen and oxygen atoms in total. The number of ether oxygens (including phenoxy) is 3. The Morgan fingerprint density at radius 3 is 2.57 bits per heavy atom. The van der Waals surface area contributed by atoms with Gasteiger partial charge in [-0.25, -0.2) is 9.97 Å². The number of nitrogens with two attached hydrogens (primary N) is 1. The van der Waals surface area contributed by atoms with E-state index in [4.69, 9.17) is 19.9 Å². The van der Waals surface area contributed by atoms with Crippen molar-refractivity contribution in [2.45, 2.75) is 6.04 Å². The number of carbonyl (C=O) groups is 1. The average molecular weight is 479 g/mol. The molecule has 1 aliphatic heterocycles. The van der Waals surface area contributed by atoms with Gasteiger partial charge < -0.3 is 35.5 Å². The van der Waals surface area contributed by atoms with Gasteiger partial charge in [0.05, 0.1) is 38.3 Å². The minimum absolute atomic E-state index is 0.155. The molecule has 0 unspecified atom stereocenters. The number of anilines is 4. The molecular formula is C25H30N6O4. The molecule has 1 atom stereocenters. The molecule has 1 aromatic heterocycles. The van der Waals surface area contributed by atoms with Crippen LogP contribution in [0.25, 0.3) is 11.3 Å². The standard InChI is InChI=1S/C25H30N6O4/c1-33-16-20(26)24(32)28-18-5-3-17(4-6-18)21-9-10-27-25(30-21)29-19-7-8-22(23(15-19)34-2)31-11-13-35-14-12-31/h3-10,15,20H,11-14,16,26H2,1-2H3,(H,28,32)(H,27,29,30)/t20-/m1/s1. The molecule has 0 radical (unpaired) electrons. The van der Waals surface area contributed by atoms with E-state index >= 15 is 0 Å². The highest BCUT2D eigenvalue weighted by molar-refractivity contribution is 5.95. The molecule has 0 aliphatic carbocycles. The zero-order valence-electron chi connectivity index (χ0n) is 19.9. The molecule has 1 aliphatic rings. The van der Waals surface area contributed by atoms with Gasteiger partial charge in [-0.3, -0.25) is 4.79 Å². The summed E-state index contributed by atoms with van der Waals surface area (Å²) in [5.41, 5.74) is 9.89. The molecule has 10 heteroatoms. The molecule has 4 N–H and O–H groups in total. The summed E-state index contributed by atoms with van der Waals surface area (Å²) in [7, 11) is 3.17. The predicted octanol–water partition coefficient (Wildman–Crippen LogP) is 2.64. The monoisotopic (exact) mass is 478 g/mol. The van der Waals surface area contributed by atoms with Gasteiger partial charge in [-0.05, 0) is 30.3 Å². The van der Waals surface area contributed by atoms with E-state index in [0.717, 1.165) is 41.5 Å². The third kappa shape index (κ3) is 6.24. The summed E-state index contributed by atoms with van der Waals surface area (Å²) in [5.74, 6) is 0.936. The molecule has 1 saturated heterocycles. The van der Waals surface area contributed by atoms with Crippen molar-refractivity contribution in [3.05, 3.63) is 54.7 Å². The molecule has 1 amide bonds. The van der Waals surface area contributed by atoms with Crippen molar-refractivity contribution in [1.82, 2.24) is 9.97 Å². The number of aromatic nitrogens is 2. The molecule has 2 heterocycles. The lowest BCUT2D eigenvalue weighted by Crippen LogP contribution is -2.39. The van der Waals surface area contributed by atoms with Crippen LogP contribution in [0.2, 0.25) is 0 Å². The first kappa shape index (κ1) is 24.4. The van der Waals surface area contributed by atoms with Crippen molar-refractivity contribution in [2.24, 2.45) is 5.73 Å². The second kappa shape index (κ2) is 11.6. The molecule has 2 aromatic carbocycles. The number of rotatable bonds is 9. The highest BCUT2D eigenvalue weighted by Crippen LogP contribution is 2.32. The summed E-state index contributed by atoms with van der Waals surface area (Å²) < 4.78 is 16.0. The van der Waals surface area contributed by atoms with Crippen LogP contribution in [0.5, 0.6) is 5.75 Å². The Morgan fingerprint density at radius 1 is 1.11 bits per heavy atom. The van der Waals surface area contributed by atoms with Gasteiger partial charge in [0.25, 0.3) is 0 Å². The summed E-state index contributed by atoms with van der Waals surface area (Å²) in [6.07, 6.45) is 1.70. The molecule has 3 aromatic rings. The fraction of sp³-hybridized carbons (Fsp3) is 0.320. The number of methoxy groups -OCH3 is 2. The minimum Gasteiger partial charge on any atom is -0.495 e. The smallest absolute Gasteiger partial charge is 0.243 e.